The molecule has 1 amide bonds. The maximum atomic E-state index is 13.5. The Hall–Kier alpha value is -2.51. The highest BCUT2D eigenvalue weighted by Gasteiger charge is 2.24. The fraction of sp³-hybridized carbons (Fsp3) is 0.391. The molecule has 5 nitrogen and oxygen atoms in total. The van der Waals surface area contributed by atoms with Crippen molar-refractivity contribution in [1.29, 1.82) is 0 Å². The number of rotatable bonds is 7. The van der Waals surface area contributed by atoms with E-state index in [9.17, 15) is 9.18 Å². The molecule has 1 aliphatic rings. The topological polar surface area (TPSA) is 59.0 Å². The number of thiophene rings is 1. The molecular formula is C23H27FN4OS. The summed E-state index contributed by atoms with van der Waals surface area (Å²) in [6.45, 7) is 3.66. The zero-order valence-corrected chi connectivity index (χ0v) is 18.2. The van der Waals surface area contributed by atoms with E-state index in [4.69, 9.17) is 0 Å². The van der Waals surface area contributed by atoms with Gasteiger partial charge in [-0.2, -0.15) is 5.10 Å². The van der Waals surface area contributed by atoms with Gasteiger partial charge in [-0.25, -0.2) is 4.39 Å². The van der Waals surface area contributed by atoms with Gasteiger partial charge in [0, 0.05) is 29.6 Å². The maximum absolute atomic E-state index is 13.5. The smallest absolute Gasteiger partial charge is 0.261 e. The standard InChI is InChI=1S/C23H27FN4OS/c1-3-16-13-26-28-9-5-8-20-19(22(16)28)12-21(30-20)23(29)27-18(14-25-2)11-15-6-4-7-17(24)10-15/h4,6-7,10,12-13,18,25H,3,5,8-9,11,14H2,1-2H3,(H,27,29). The Kier molecular flexibility index (Phi) is 6.29. The van der Waals surface area contributed by atoms with Crippen LogP contribution in [0, 0.1) is 5.82 Å². The number of hydrogen-bond acceptors (Lipinski definition) is 4. The number of halogens is 1. The molecule has 158 valence electrons. The lowest BCUT2D eigenvalue weighted by molar-refractivity contribution is 0.0941. The Morgan fingerprint density at radius 3 is 3.00 bits per heavy atom. The van der Waals surface area contributed by atoms with E-state index in [1.165, 1.54) is 22.6 Å². The summed E-state index contributed by atoms with van der Waals surface area (Å²) >= 11 is 1.58. The second kappa shape index (κ2) is 9.10. The van der Waals surface area contributed by atoms with Crippen molar-refractivity contribution in [3.8, 4) is 11.3 Å². The summed E-state index contributed by atoms with van der Waals surface area (Å²) in [5.41, 5.74) is 4.40. The second-order valence-corrected chi connectivity index (χ2v) is 8.85. The van der Waals surface area contributed by atoms with Crippen LogP contribution >= 0.6 is 11.3 Å². The maximum Gasteiger partial charge on any atom is 0.261 e. The van der Waals surface area contributed by atoms with Gasteiger partial charge in [0.05, 0.1) is 16.8 Å². The largest absolute Gasteiger partial charge is 0.347 e. The third-order valence-corrected chi connectivity index (χ3v) is 6.71. The van der Waals surface area contributed by atoms with Gasteiger partial charge in [-0.05, 0) is 62.1 Å². The fourth-order valence-corrected chi connectivity index (χ4v) is 5.21. The lowest BCUT2D eigenvalue weighted by atomic mass is 10.0. The normalized spacial score (nSPS) is 14.0. The third kappa shape index (κ3) is 4.32. The molecule has 0 aliphatic carbocycles. The number of nitrogens with one attached hydrogen (secondary N) is 2. The molecule has 1 unspecified atom stereocenters. The molecule has 4 rings (SSSR count). The lowest BCUT2D eigenvalue weighted by Gasteiger charge is -2.18. The van der Waals surface area contributed by atoms with Crippen molar-refractivity contribution in [2.75, 3.05) is 13.6 Å². The molecule has 0 radical (unpaired) electrons. The van der Waals surface area contributed by atoms with Gasteiger partial charge in [0.15, 0.2) is 0 Å². The van der Waals surface area contributed by atoms with Crippen LogP contribution in [0.2, 0.25) is 0 Å². The number of carbonyl (C=O) groups excluding carboxylic acids is 1. The van der Waals surface area contributed by atoms with E-state index >= 15 is 0 Å². The predicted octanol–water partition coefficient (Wildman–Crippen LogP) is 3.82. The molecule has 0 fully saturated rings. The number of aromatic nitrogens is 2. The van der Waals surface area contributed by atoms with Gasteiger partial charge in [0.1, 0.15) is 5.82 Å². The van der Waals surface area contributed by atoms with Gasteiger partial charge in [0.2, 0.25) is 0 Å². The van der Waals surface area contributed by atoms with Gasteiger partial charge >= 0.3 is 0 Å². The molecule has 2 N–H and O–H groups in total. The monoisotopic (exact) mass is 426 g/mol. The van der Waals surface area contributed by atoms with Gasteiger partial charge in [-0.3, -0.25) is 9.48 Å². The van der Waals surface area contributed by atoms with Crippen molar-refractivity contribution < 1.29 is 9.18 Å². The van der Waals surface area contributed by atoms with Crippen molar-refractivity contribution >= 4 is 17.2 Å². The first-order valence-electron chi connectivity index (χ1n) is 10.5. The number of aryl methyl sites for hydroxylation is 3. The molecule has 30 heavy (non-hydrogen) atoms. The van der Waals surface area contributed by atoms with Gasteiger partial charge in [-0.15, -0.1) is 11.3 Å². The fourth-order valence-electron chi connectivity index (χ4n) is 4.11. The van der Waals surface area contributed by atoms with Crippen LogP contribution in [0.4, 0.5) is 4.39 Å². The van der Waals surface area contributed by atoms with Gasteiger partial charge in [0.25, 0.3) is 5.91 Å². The number of amides is 1. The van der Waals surface area contributed by atoms with Crippen LogP contribution in [0.25, 0.3) is 11.3 Å². The third-order valence-electron chi connectivity index (χ3n) is 5.51. The van der Waals surface area contributed by atoms with Crippen LogP contribution in [-0.2, 0) is 25.8 Å². The zero-order valence-electron chi connectivity index (χ0n) is 17.4. The SMILES string of the molecule is CCc1cnn2c1-c1cc(C(=O)NC(CNC)Cc3cccc(F)c3)sc1CCC2. The van der Waals surface area contributed by atoms with Crippen molar-refractivity contribution in [2.24, 2.45) is 0 Å². The second-order valence-electron chi connectivity index (χ2n) is 7.71. The number of carbonyl (C=O) groups is 1. The number of fused-ring (bicyclic) bond motifs is 3. The molecule has 0 spiro atoms. The summed E-state index contributed by atoms with van der Waals surface area (Å²) in [4.78, 5) is 15.0. The molecule has 1 aromatic carbocycles. The molecule has 3 heterocycles. The molecule has 3 aromatic rings. The molecule has 1 atom stereocenters. The van der Waals surface area contributed by atoms with E-state index in [1.54, 1.807) is 17.4 Å². The van der Waals surface area contributed by atoms with E-state index in [1.807, 2.05) is 25.4 Å². The molecular weight excluding hydrogens is 399 g/mol. The molecule has 0 saturated heterocycles. The average molecular weight is 427 g/mol. The molecule has 2 aromatic heterocycles. The number of nitrogens with zero attached hydrogens (tertiary/aromatic N) is 2. The summed E-state index contributed by atoms with van der Waals surface area (Å²) in [7, 11) is 1.85. The first-order valence-corrected chi connectivity index (χ1v) is 11.3. The van der Waals surface area contributed by atoms with Crippen molar-refractivity contribution in [2.45, 2.75) is 45.2 Å². The molecule has 1 aliphatic heterocycles. The van der Waals surface area contributed by atoms with E-state index in [0.717, 1.165) is 47.5 Å². The Bertz CT molecular complexity index is 1040. The number of likely N-dealkylation sites (N-methyl/N-ethyl adjacent to an activating group) is 1. The van der Waals surface area contributed by atoms with Crippen molar-refractivity contribution in [3.63, 3.8) is 0 Å². The van der Waals surface area contributed by atoms with Gasteiger partial charge < -0.3 is 10.6 Å². The first-order chi connectivity index (χ1) is 14.6. The Balaban J connectivity index is 1.56. The minimum atomic E-state index is -0.257. The van der Waals surface area contributed by atoms with E-state index in [0.29, 0.717) is 13.0 Å². The summed E-state index contributed by atoms with van der Waals surface area (Å²) in [5, 5.41) is 10.8. The minimum absolute atomic E-state index is 0.0751. The van der Waals surface area contributed by atoms with Crippen LogP contribution < -0.4 is 10.6 Å². The van der Waals surface area contributed by atoms with E-state index < -0.39 is 0 Å². The molecule has 7 heteroatoms. The van der Waals surface area contributed by atoms with Crippen molar-refractivity contribution in [3.05, 3.63) is 63.2 Å². The predicted molar refractivity (Wildman–Crippen MR) is 119 cm³/mol. The van der Waals surface area contributed by atoms with Crippen molar-refractivity contribution in [1.82, 2.24) is 20.4 Å². The molecule has 0 saturated carbocycles. The number of benzene rings is 1. The average Bonchev–Trinajstić information content (AvgIpc) is 3.28. The highest BCUT2D eigenvalue weighted by molar-refractivity contribution is 7.14. The summed E-state index contributed by atoms with van der Waals surface area (Å²) in [6.07, 6.45) is 5.42. The van der Waals surface area contributed by atoms with E-state index in [2.05, 4.69) is 27.3 Å². The summed E-state index contributed by atoms with van der Waals surface area (Å²) in [5.74, 6) is -0.332. The van der Waals surface area contributed by atoms with Crippen LogP contribution in [0.1, 0.15) is 39.0 Å². The highest BCUT2D eigenvalue weighted by Crippen LogP contribution is 2.37. The van der Waals surface area contributed by atoms with Crippen LogP contribution in [0.3, 0.4) is 0 Å². The van der Waals surface area contributed by atoms with Gasteiger partial charge in [-0.1, -0.05) is 19.1 Å². The summed E-state index contributed by atoms with van der Waals surface area (Å²) < 4.78 is 15.6. The zero-order chi connectivity index (χ0) is 21.1. The van der Waals surface area contributed by atoms with Crippen LogP contribution in [0.5, 0.6) is 0 Å². The van der Waals surface area contributed by atoms with Crippen LogP contribution in [0.15, 0.2) is 36.5 Å². The Labute approximate surface area is 180 Å². The number of hydrogen-bond donors (Lipinski definition) is 2. The highest BCUT2D eigenvalue weighted by atomic mass is 32.1. The minimum Gasteiger partial charge on any atom is -0.347 e. The Morgan fingerprint density at radius 1 is 1.37 bits per heavy atom. The molecule has 0 bridgehead atoms. The van der Waals surface area contributed by atoms with E-state index in [-0.39, 0.29) is 17.8 Å². The Morgan fingerprint density at radius 2 is 2.23 bits per heavy atom. The quantitative estimate of drug-likeness (QED) is 0.604. The van der Waals surface area contributed by atoms with Crippen LogP contribution in [-0.4, -0.2) is 35.3 Å². The lowest BCUT2D eigenvalue weighted by Crippen LogP contribution is -2.42. The summed E-state index contributed by atoms with van der Waals surface area (Å²) in [6, 6.07) is 8.44. The first kappa shape index (κ1) is 20.8.